The van der Waals surface area contributed by atoms with Crippen molar-refractivity contribution in [3.8, 4) is 0 Å². The molecule has 4 rings (SSSR count). The van der Waals surface area contributed by atoms with Crippen LogP contribution in [0.25, 0.3) is 0 Å². The maximum atomic E-state index is 13.6. The van der Waals surface area contributed by atoms with Crippen LogP contribution in [0.2, 0.25) is 0 Å². The third-order valence-corrected chi connectivity index (χ3v) is 6.29. The fourth-order valence-corrected chi connectivity index (χ4v) is 4.90. The zero-order valence-electron chi connectivity index (χ0n) is 15.2. The smallest absolute Gasteiger partial charge is 0.234 e. The second-order valence-corrected chi connectivity index (χ2v) is 7.89. The molecule has 3 heteroatoms. The molecule has 0 bridgehead atoms. The van der Waals surface area contributed by atoms with Gasteiger partial charge in [0.15, 0.2) is 0 Å². The third-order valence-electron chi connectivity index (χ3n) is 6.29. The van der Waals surface area contributed by atoms with Gasteiger partial charge in [0.25, 0.3) is 0 Å². The highest BCUT2D eigenvalue weighted by atomic mass is 16.3. The van der Waals surface area contributed by atoms with Crippen molar-refractivity contribution in [1.29, 1.82) is 0 Å². The van der Waals surface area contributed by atoms with E-state index in [2.05, 4.69) is 0 Å². The Labute approximate surface area is 155 Å². The first-order valence-corrected chi connectivity index (χ1v) is 9.76. The van der Waals surface area contributed by atoms with E-state index in [0.717, 1.165) is 49.8 Å². The number of aliphatic hydroxyl groups excluding tert-OH is 1. The molecule has 1 saturated heterocycles. The van der Waals surface area contributed by atoms with Gasteiger partial charge in [-0.05, 0) is 36.8 Å². The first kappa shape index (κ1) is 17.3. The van der Waals surface area contributed by atoms with E-state index < -0.39 is 0 Å². The standard InChI is InChI=1S/C23H27NO2/c25-20-13-7-14-23(20)15-8-16-24(17-23)22(26)21(18-9-3-1-4-10-18)19-11-5-2-6-12-19/h1-6,9-12,20-21,25H,7-8,13-17H2/t20-,23-/m1/s1. The number of benzene rings is 2. The van der Waals surface area contributed by atoms with Gasteiger partial charge in [0, 0.05) is 18.5 Å². The summed E-state index contributed by atoms with van der Waals surface area (Å²) in [6.07, 6.45) is 4.76. The fraction of sp³-hybridized carbons (Fsp3) is 0.435. The van der Waals surface area contributed by atoms with Crippen molar-refractivity contribution in [2.75, 3.05) is 13.1 Å². The quantitative estimate of drug-likeness (QED) is 0.911. The summed E-state index contributed by atoms with van der Waals surface area (Å²) in [7, 11) is 0. The molecular weight excluding hydrogens is 322 g/mol. The maximum absolute atomic E-state index is 13.6. The minimum absolute atomic E-state index is 0.0775. The monoisotopic (exact) mass is 349 g/mol. The fourth-order valence-electron chi connectivity index (χ4n) is 4.90. The normalized spacial score (nSPS) is 25.8. The molecule has 2 aromatic carbocycles. The van der Waals surface area contributed by atoms with E-state index in [1.165, 1.54) is 0 Å². The summed E-state index contributed by atoms with van der Waals surface area (Å²) in [5.41, 5.74) is 2.00. The van der Waals surface area contributed by atoms with Gasteiger partial charge in [0.1, 0.15) is 0 Å². The highest BCUT2D eigenvalue weighted by Gasteiger charge is 2.46. The average Bonchev–Trinajstić information content (AvgIpc) is 3.03. The van der Waals surface area contributed by atoms with Crippen LogP contribution in [0.5, 0.6) is 0 Å². The second kappa shape index (κ2) is 7.24. The molecule has 1 N–H and O–H groups in total. The maximum Gasteiger partial charge on any atom is 0.234 e. The lowest BCUT2D eigenvalue weighted by molar-refractivity contribution is -0.137. The summed E-state index contributed by atoms with van der Waals surface area (Å²) in [6.45, 7) is 1.49. The molecule has 1 aliphatic heterocycles. The number of piperidine rings is 1. The highest BCUT2D eigenvalue weighted by Crippen LogP contribution is 2.45. The van der Waals surface area contributed by atoms with Crippen molar-refractivity contribution >= 4 is 5.91 Å². The molecule has 0 radical (unpaired) electrons. The molecule has 26 heavy (non-hydrogen) atoms. The number of nitrogens with zero attached hydrogens (tertiary/aromatic N) is 1. The summed E-state index contributed by atoms with van der Waals surface area (Å²) >= 11 is 0. The Morgan fingerprint density at radius 3 is 2.08 bits per heavy atom. The molecule has 1 amide bonds. The van der Waals surface area contributed by atoms with E-state index >= 15 is 0 Å². The van der Waals surface area contributed by atoms with Crippen LogP contribution in [0, 0.1) is 5.41 Å². The van der Waals surface area contributed by atoms with Crippen LogP contribution < -0.4 is 0 Å². The summed E-state index contributed by atoms with van der Waals surface area (Å²) < 4.78 is 0. The van der Waals surface area contributed by atoms with Gasteiger partial charge in [-0.15, -0.1) is 0 Å². The van der Waals surface area contributed by atoms with Gasteiger partial charge < -0.3 is 10.0 Å². The number of hydrogen-bond acceptors (Lipinski definition) is 2. The minimum atomic E-state index is -0.272. The van der Waals surface area contributed by atoms with Gasteiger partial charge in [0.2, 0.25) is 5.91 Å². The lowest BCUT2D eigenvalue weighted by Gasteiger charge is -2.43. The predicted octanol–water partition coefficient (Wildman–Crippen LogP) is 3.97. The van der Waals surface area contributed by atoms with Crippen molar-refractivity contribution in [1.82, 2.24) is 4.90 Å². The summed E-state index contributed by atoms with van der Waals surface area (Å²) in [5.74, 6) is -0.105. The molecule has 3 nitrogen and oxygen atoms in total. The molecular formula is C23H27NO2. The summed E-state index contributed by atoms with van der Waals surface area (Å²) in [6, 6.07) is 20.1. The molecule has 2 aromatic rings. The van der Waals surface area contributed by atoms with Crippen LogP contribution in [0.1, 0.15) is 49.1 Å². The Balaban J connectivity index is 1.64. The Bertz CT molecular complexity index is 706. The number of amides is 1. The van der Waals surface area contributed by atoms with Gasteiger partial charge in [-0.2, -0.15) is 0 Å². The van der Waals surface area contributed by atoms with Gasteiger partial charge >= 0.3 is 0 Å². The zero-order valence-corrected chi connectivity index (χ0v) is 15.2. The Morgan fingerprint density at radius 2 is 1.54 bits per heavy atom. The number of likely N-dealkylation sites (tertiary alicyclic amines) is 1. The lowest BCUT2D eigenvalue weighted by atomic mass is 9.76. The second-order valence-electron chi connectivity index (χ2n) is 7.89. The van der Waals surface area contributed by atoms with Crippen molar-refractivity contribution in [2.24, 2.45) is 5.41 Å². The SMILES string of the molecule is O=C(C(c1ccccc1)c1ccccc1)N1CCC[C@]2(CCC[C@H]2O)C1. The minimum Gasteiger partial charge on any atom is -0.392 e. The molecule has 2 aliphatic rings. The third kappa shape index (κ3) is 3.16. The van der Waals surface area contributed by atoms with Gasteiger partial charge in [-0.3, -0.25) is 4.79 Å². The molecule has 1 aliphatic carbocycles. The van der Waals surface area contributed by atoms with E-state index in [4.69, 9.17) is 0 Å². The summed E-state index contributed by atoms with van der Waals surface area (Å²) in [4.78, 5) is 15.6. The van der Waals surface area contributed by atoms with E-state index in [1.807, 2.05) is 65.6 Å². The van der Waals surface area contributed by atoms with Crippen LogP contribution in [0.3, 0.4) is 0 Å². The van der Waals surface area contributed by atoms with Gasteiger partial charge in [-0.1, -0.05) is 67.1 Å². The van der Waals surface area contributed by atoms with Crippen molar-refractivity contribution < 1.29 is 9.90 Å². The molecule has 1 spiro atoms. The Kier molecular flexibility index (Phi) is 4.82. The van der Waals surface area contributed by atoms with E-state index in [9.17, 15) is 9.90 Å². The van der Waals surface area contributed by atoms with Crippen LogP contribution in [-0.4, -0.2) is 35.1 Å². The predicted molar refractivity (Wildman–Crippen MR) is 103 cm³/mol. The first-order valence-electron chi connectivity index (χ1n) is 9.76. The van der Waals surface area contributed by atoms with Crippen molar-refractivity contribution in [3.63, 3.8) is 0 Å². The molecule has 0 unspecified atom stereocenters. The van der Waals surface area contributed by atoms with Crippen LogP contribution in [0.15, 0.2) is 60.7 Å². The van der Waals surface area contributed by atoms with E-state index in [-0.39, 0.29) is 23.3 Å². The number of rotatable bonds is 3. The zero-order chi connectivity index (χ0) is 18.0. The number of aliphatic hydroxyl groups is 1. The molecule has 2 fully saturated rings. The van der Waals surface area contributed by atoms with Gasteiger partial charge in [0.05, 0.1) is 12.0 Å². The Hall–Kier alpha value is -2.13. The van der Waals surface area contributed by atoms with Crippen LogP contribution in [-0.2, 0) is 4.79 Å². The molecule has 1 saturated carbocycles. The molecule has 2 atom stereocenters. The van der Waals surface area contributed by atoms with E-state index in [0.29, 0.717) is 6.54 Å². The van der Waals surface area contributed by atoms with E-state index in [1.54, 1.807) is 0 Å². The number of carbonyl (C=O) groups excluding carboxylic acids is 1. The number of hydrogen-bond donors (Lipinski definition) is 1. The van der Waals surface area contributed by atoms with Crippen LogP contribution in [0.4, 0.5) is 0 Å². The molecule has 136 valence electrons. The van der Waals surface area contributed by atoms with Crippen molar-refractivity contribution in [2.45, 2.75) is 44.1 Å². The van der Waals surface area contributed by atoms with Crippen LogP contribution >= 0.6 is 0 Å². The lowest BCUT2D eigenvalue weighted by Crippen LogP contribution is -2.50. The molecule has 1 heterocycles. The largest absolute Gasteiger partial charge is 0.392 e. The first-order chi connectivity index (χ1) is 12.7. The summed E-state index contributed by atoms with van der Waals surface area (Å²) in [5, 5.41) is 10.5. The topological polar surface area (TPSA) is 40.5 Å². The van der Waals surface area contributed by atoms with Gasteiger partial charge in [-0.25, -0.2) is 0 Å². The average molecular weight is 349 g/mol. The highest BCUT2D eigenvalue weighted by molar-refractivity contribution is 5.87. The Morgan fingerprint density at radius 1 is 0.962 bits per heavy atom. The number of carbonyl (C=O) groups is 1. The van der Waals surface area contributed by atoms with Crippen molar-refractivity contribution in [3.05, 3.63) is 71.8 Å². The molecule has 0 aromatic heterocycles.